The second-order valence-electron chi connectivity index (χ2n) is 5.76. The average molecular weight is 236 g/mol. The van der Waals surface area contributed by atoms with E-state index in [1.165, 1.54) is 0 Å². The number of urea groups is 1. The van der Waals surface area contributed by atoms with Crippen molar-refractivity contribution in [3.63, 3.8) is 0 Å². The summed E-state index contributed by atoms with van der Waals surface area (Å²) in [7, 11) is 0. The molecule has 1 saturated heterocycles. The van der Waals surface area contributed by atoms with Crippen molar-refractivity contribution in [3.8, 4) is 0 Å². The highest BCUT2D eigenvalue weighted by atomic mass is 16.2. The van der Waals surface area contributed by atoms with Crippen LogP contribution in [0.25, 0.3) is 0 Å². The minimum atomic E-state index is -0.253. The van der Waals surface area contributed by atoms with E-state index in [0.717, 1.165) is 51.4 Å². The Bertz CT molecular complexity index is 341. The minimum absolute atomic E-state index is 0.116. The molecule has 2 saturated carbocycles. The summed E-state index contributed by atoms with van der Waals surface area (Å²) in [6, 6.07) is 0.0136. The highest BCUT2D eigenvalue weighted by Crippen LogP contribution is 2.42. The number of rotatable bonds is 1. The van der Waals surface area contributed by atoms with Crippen molar-refractivity contribution in [2.45, 2.75) is 57.4 Å². The number of imide groups is 1. The molecular formula is C13H20N2O2. The van der Waals surface area contributed by atoms with Crippen molar-refractivity contribution >= 4 is 11.9 Å². The molecule has 0 aromatic rings. The van der Waals surface area contributed by atoms with E-state index in [4.69, 9.17) is 0 Å². The van der Waals surface area contributed by atoms with E-state index in [-0.39, 0.29) is 23.4 Å². The third-order valence-electron chi connectivity index (χ3n) is 4.72. The molecular weight excluding hydrogens is 216 g/mol. The van der Waals surface area contributed by atoms with E-state index >= 15 is 0 Å². The molecule has 0 aromatic carbocycles. The van der Waals surface area contributed by atoms with Gasteiger partial charge >= 0.3 is 6.03 Å². The van der Waals surface area contributed by atoms with Crippen molar-refractivity contribution < 1.29 is 9.59 Å². The van der Waals surface area contributed by atoms with Gasteiger partial charge < -0.3 is 5.32 Å². The number of carbonyl (C=O) groups is 2. The van der Waals surface area contributed by atoms with E-state index in [0.29, 0.717) is 6.54 Å². The van der Waals surface area contributed by atoms with Gasteiger partial charge in [-0.3, -0.25) is 9.69 Å². The molecule has 0 unspecified atom stereocenters. The number of carbonyl (C=O) groups excluding carboxylic acids is 2. The molecule has 3 amide bonds. The molecule has 17 heavy (non-hydrogen) atoms. The molecule has 1 heterocycles. The molecule has 2 aliphatic carbocycles. The Morgan fingerprint density at radius 1 is 1.06 bits per heavy atom. The molecule has 1 spiro atoms. The fraction of sp³-hybridized carbons (Fsp3) is 0.846. The largest absolute Gasteiger partial charge is 0.337 e. The molecule has 0 atom stereocenters. The Hall–Kier alpha value is -1.06. The van der Waals surface area contributed by atoms with Gasteiger partial charge in [0.05, 0.1) is 5.41 Å². The fourth-order valence-electron chi connectivity index (χ4n) is 3.69. The van der Waals surface area contributed by atoms with Gasteiger partial charge in [-0.25, -0.2) is 4.79 Å². The van der Waals surface area contributed by atoms with Crippen LogP contribution in [0.15, 0.2) is 0 Å². The zero-order chi connectivity index (χ0) is 11.9. The van der Waals surface area contributed by atoms with Crippen LogP contribution in [0.2, 0.25) is 0 Å². The Morgan fingerprint density at radius 3 is 2.35 bits per heavy atom. The Kier molecular flexibility index (Phi) is 2.60. The van der Waals surface area contributed by atoms with Crippen LogP contribution in [0.4, 0.5) is 4.79 Å². The van der Waals surface area contributed by atoms with Crippen LogP contribution in [0.5, 0.6) is 0 Å². The monoisotopic (exact) mass is 236 g/mol. The van der Waals surface area contributed by atoms with Crippen molar-refractivity contribution in [2.24, 2.45) is 5.41 Å². The minimum Gasteiger partial charge on any atom is -0.337 e. The molecule has 3 fully saturated rings. The Labute approximate surface area is 102 Å². The average Bonchev–Trinajstić information content (AvgIpc) is 2.97. The van der Waals surface area contributed by atoms with Gasteiger partial charge in [-0.1, -0.05) is 25.7 Å². The molecule has 3 aliphatic rings. The third kappa shape index (κ3) is 1.65. The standard InChI is InChI=1S/C13H20N2O2/c16-11-13(7-3-4-8-13)9-14-12(17)15(11)10-5-1-2-6-10/h10H,1-9H2,(H,14,17). The predicted octanol–water partition coefficient (Wildman–Crippen LogP) is 2.04. The molecule has 0 bridgehead atoms. The van der Waals surface area contributed by atoms with Gasteiger partial charge in [0.1, 0.15) is 0 Å². The van der Waals surface area contributed by atoms with Gasteiger partial charge in [-0.2, -0.15) is 0 Å². The van der Waals surface area contributed by atoms with Crippen LogP contribution in [-0.2, 0) is 4.79 Å². The Morgan fingerprint density at radius 2 is 1.71 bits per heavy atom. The summed E-state index contributed by atoms with van der Waals surface area (Å²) in [5, 5.41) is 2.94. The summed E-state index contributed by atoms with van der Waals surface area (Å²) >= 11 is 0. The lowest BCUT2D eigenvalue weighted by Crippen LogP contribution is -2.62. The molecule has 0 aromatic heterocycles. The van der Waals surface area contributed by atoms with Gasteiger partial charge in [0.25, 0.3) is 0 Å². The number of nitrogens with one attached hydrogen (secondary N) is 1. The van der Waals surface area contributed by atoms with Crippen molar-refractivity contribution in [2.75, 3.05) is 6.54 Å². The first-order valence-corrected chi connectivity index (χ1v) is 6.84. The molecule has 0 radical (unpaired) electrons. The topological polar surface area (TPSA) is 49.4 Å². The summed E-state index contributed by atoms with van der Waals surface area (Å²) in [6.45, 7) is 0.563. The lowest BCUT2D eigenvalue weighted by molar-refractivity contribution is -0.142. The van der Waals surface area contributed by atoms with Crippen LogP contribution in [-0.4, -0.2) is 29.4 Å². The van der Waals surface area contributed by atoms with Gasteiger partial charge in [0.15, 0.2) is 0 Å². The number of amides is 3. The number of hydrogen-bond acceptors (Lipinski definition) is 2. The second kappa shape index (κ2) is 4.00. The second-order valence-corrected chi connectivity index (χ2v) is 5.76. The van der Waals surface area contributed by atoms with Crippen LogP contribution >= 0.6 is 0 Å². The van der Waals surface area contributed by atoms with E-state index in [9.17, 15) is 9.59 Å². The summed E-state index contributed by atoms with van der Waals surface area (Å²) in [5.41, 5.74) is -0.253. The lowest BCUT2D eigenvalue weighted by Gasteiger charge is -2.41. The van der Waals surface area contributed by atoms with Gasteiger partial charge in [-0.05, 0) is 25.7 Å². The SMILES string of the molecule is O=C1NCC2(CCCC2)C(=O)N1C1CCCC1. The van der Waals surface area contributed by atoms with Crippen molar-refractivity contribution in [1.29, 1.82) is 0 Å². The van der Waals surface area contributed by atoms with Gasteiger partial charge in [-0.15, -0.1) is 0 Å². The van der Waals surface area contributed by atoms with Crippen LogP contribution < -0.4 is 5.32 Å². The number of nitrogens with zero attached hydrogens (tertiary/aromatic N) is 1. The van der Waals surface area contributed by atoms with Crippen LogP contribution in [0.3, 0.4) is 0 Å². The smallest absolute Gasteiger partial charge is 0.324 e. The van der Waals surface area contributed by atoms with Crippen molar-refractivity contribution in [3.05, 3.63) is 0 Å². The molecule has 1 aliphatic heterocycles. The molecule has 4 heteroatoms. The van der Waals surface area contributed by atoms with E-state index in [2.05, 4.69) is 5.32 Å². The highest BCUT2D eigenvalue weighted by Gasteiger charge is 2.50. The summed E-state index contributed by atoms with van der Waals surface area (Å²) in [5.74, 6) is 0.116. The quantitative estimate of drug-likeness (QED) is 0.757. The van der Waals surface area contributed by atoms with Crippen LogP contribution in [0.1, 0.15) is 51.4 Å². The van der Waals surface area contributed by atoms with Crippen LogP contribution in [0, 0.1) is 5.41 Å². The van der Waals surface area contributed by atoms with Crippen molar-refractivity contribution in [1.82, 2.24) is 10.2 Å². The first kappa shape index (κ1) is 11.1. The molecule has 3 rings (SSSR count). The molecule has 94 valence electrons. The number of hydrogen-bond donors (Lipinski definition) is 1. The highest BCUT2D eigenvalue weighted by molar-refractivity contribution is 6.00. The predicted molar refractivity (Wildman–Crippen MR) is 63.4 cm³/mol. The molecule has 4 nitrogen and oxygen atoms in total. The van der Waals surface area contributed by atoms with Gasteiger partial charge in [0.2, 0.25) is 5.91 Å². The fourth-order valence-corrected chi connectivity index (χ4v) is 3.69. The van der Waals surface area contributed by atoms with Gasteiger partial charge in [0, 0.05) is 12.6 Å². The maximum atomic E-state index is 12.6. The molecule has 1 N–H and O–H groups in total. The van der Waals surface area contributed by atoms with E-state index in [1.54, 1.807) is 4.90 Å². The zero-order valence-corrected chi connectivity index (χ0v) is 10.2. The van der Waals surface area contributed by atoms with E-state index < -0.39 is 0 Å². The lowest BCUT2D eigenvalue weighted by atomic mass is 9.82. The maximum Gasteiger partial charge on any atom is 0.324 e. The first-order valence-electron chi connectivity index (χ1n) is 6.84. The normalized spacial score (nSPS) is 29.1. The summed E-state index contributed by atoms with van der Waals surface area (Å²) < 4.78 is 0. The summed E-state index contributed by atoms with van der Waals surface area (Å²) in [6.07, 6.45) is 8.44. The Balaban J connectivity index is 1.84. The maximum absolute atomic E-state index is 12.6. The zero-order valence-electron chi connectivity index (χ0n) is 10.2. The van der Waals surface area contributed by atoms with E-state index in [1.807, 2.05) is 0 Å². The summed E-state index contributed by atoms with van der Waals surface area (Å²) in [4.78, 5) is 26.1. The third-order valence-corrected chi connectivity index (χ3v) is 4.72. The first-order chi connectivity index (χ1) is 8.23.